The zero-order valence-corrected chi connectivity index (χ0v) is 39.8. The average Bonchev–Trinajstić information content (AvgIpc) is 3.25. The molecule has 0 saturated carbocycles. The van der Waals surface area contributed by atoms with Gasteiger partial charge in [0.15, 0.2) is 6.10 Å². The van der Waals surface area contributed by atoms with Gasteiger partial charge in [0.25, 0.3) is 0 Å². The van der Waals surface area contributed by atoms with E-state index in [1.54, 1.807) is 0 Å². The molecule has 0 saturated heterocycles. The number of allylic oxidation sites excluding steroid dienone is 8. The molecule has 11 heteroatoms. The zero-order valence-electron chi connectivity index (χ0n) is 38.9. The summed E-state index contributed by atoms with van der Waals surface area (Å²) in [5, 5.41) is 18.4. The van der Waals surface area contributed by atoms with Crippen LogP contribution in [0.1, 0.15) is 219 Å². The van der Waals surface area contributed by atoms with Gasteiger partial charge in [0.1, 0.15) is 12.7 Å². The molecule has 0 fully saturated rings. The maximum Gasteiger partial charge on any atom is 0.472 e. The lowest BCUT2D eigenvalue weighted by Crippen LogP contribution is -2.29. The van der Waals surface area contributed by atoms with Crippen LogP contribution in [0.4, 0.5) is 0 Å². The standard InChI is InChI=1S/C50H91O10P/c1-3-5-7-9-11-13-15-17-19-20-21-22-23-24-25-26-28-30-32-34-36-38-40-42-50(54)60-48(46-59-61(55,56)58-44-47(52)43-51)45-57-49(53)41-39-37-35-33-31-29-27-18-16-14-12-10-8-6-4-2/h6,8,12,14,18,27,31,33,47-48,51-52H,3-5,7,9-11,13,15-17,19-26,28-30,32,34-46H2,1-2H3,(H,55,56)/b8-6+,14-12+,27-18+,33-31+/t47-,48+/m0/s1. The molecular weight excluding hydrogens is 792 g/mol. The van der Waals surface area contributed by atoms with Crippen LogP contribution in [0.25, 0.3) is 0 Å². The fourth-order valence-electron chi connectivity index (χ4n) is 6.75. The molecular formula is C50H91O10P. The molecule has 0 rings (SSSR count). The summed E-state index contributed by atoms with van der Waals surface area (Å²) in [6.07, 6.45) is 50.9. The van der Waals surface area contributed by atoms with E-state index in [1.165, 1.54) is 122 Å². The molecule has 3 N–H and O–H groups in total. The monoisotopic (exact) mass is 883 g/mol. The Hall–Kier alpha value is -2.07. The minimum Gasteiger partial charge on any atom is -0.462 e. The topological polar surface area (TPSA) is 149 Å². The van der Waals surface area contributed by atoms with E-state index in [2.05, 4.69) is 62.5 Å². The summed E-state index contributed by atoms with van der Waals surface area (Å²) >= 11 is 0. The van der Waals surface area contributed by atoms with Crippen molar-refractivity contribution in [2.45, 2.75) is 232 Å². The first-order valence-corrected chi connectivity index (χ1v) is 26.1. The van der Waals surface area contributed by atoms with Crippen LogP contribution in [0.5, 0.6) is 0 Å². The number of hydrogen-bond donors (Lipinski definition) is 3. The molecule has 0 amide bonds. The Bertz CT molecular complexity index is 1150. The Kier molecular flexibility index (Phi) is 44.4. The fourth-order valence-corrected chi connectivity index (χ4v) is 7.54. The number of ether oxygens (including phenoxy) is 2. The van der Waals surface area contributed by atoms with Crippen LogP contribution >= 0.6 is 7.82 Å². The SMILES string of the molecule is CC/C=C/C/C=C/C/C=C/C/C=C/CCCCC(=O)OC[C@H](COP(=O)(O)OC[C@@H](O)CO)OC(=O)CCCCCCCCCCCCCCCCCCCCCCCCC. The zero-order chi connectivity index (χ0) is 44.8. The summed E-state index contributed by atoms with van der Waals surface area (Å²) < 4.78 is 32.8. The molecule has 0 aliphatic carbocycles. The second-order valence-electron chi connectivity index (χ2n) is 16.5. The van der Waals surface area contributed by atoms with Crippen molar-refractivity contribution in [3.8, 4) is 0 Å². The number of phosphoric ester groups is 1. The third-order valence-corrected chi connectivity index (χ3v) is 11.4. The smallest absolute Gasteiger partial charge is 0.462 e. The van der Waals surface area contributed by atoms with Gasteiger partial charge in [0.2, 0.25) is 0 Å². The molecule has 0 bridgehead atoms. The van der Waals surface area contributed by atoms with Gasteiger partial charge in [-0.25, -0.2) is 4.57 Å². The molecule has 0 aliphatic heterocycles. The van der Waals surface area contributed by atoms with Crippen LogP contribution in [-0.2, 0) is 32.7 Å². The second-order valence-corrected chi connectivity index (χ2v) is 17.9. The van der Waals surface area contributed by atoms with E-state index in [0.717, 1.165) is 57.8 Å². The van der Waals surface area contributed by atoms with Crippen molar-refractivity contribution >= 4 is 19.8 Å². The number of unbranched alkanes of at least 4 members (excludes halogenated alkanes) is 24. The van der Waals surface area contributed by atoms with Crippen LogP contribution in [0.2, 0.25) is 0 Å². The highest BCUT2D eigenvalue weighted by Gasteiger charge is 2.27. The number of phosphoric acid groups is 1. The normalized spacial score (nSPS) is 14.1. The summed E-state index contributed by atoms with van der Waals surface area (Å²) in [6.45, 7) is 2.25. The number of esters is 2. The average molecular weight is 883 g/mol. The number of rotatable bonds is 46. The van der Waals surface area contributed by atoms with Gasteiger partial charge in [-0.15, -0.1) is 0 Å². The summed E-state index contributed by atoms with van der Waals surface area (Å²) in [6, 6.07) is 0. The molecule has 0 heterocycles. The summed E-state index contributed by atoms with van der Waals surface area (Å²) in [7, 11) is -4.63. The molecule has 0 spiro atoms. The van der Waals surface area contributed by atoms with Crippen molar-refractivity contribution in [3.05, 3.63) is 48.6 Å². The largest absolute Gasteiger partial charge is 0.472 e. The summed E-state index contributed by atoms with van der Waals surface area (Å²) in [4.78, 5) is 35.1. The molecule has 10 nitrogen and oxygen atoms in total. The van der Waals surface area contributed by atoms with Gasteiger partial charge in [-0.3, -0.25) is 18.6 Å². The van der Waals surface area contributed by atoms with Crippen LogP contribution in [-0.4, -0.2) is 65.7 Å². The molecule has 356 valence electrons. The number of aliphatic hydroxyl groups excluding tert-OH is 2. The van der Waals surface area contributed by atoms with E-state index in [4.69, 9.17) is 23.6 Å². The lowest BCUT2D eigenvalue weighted by atomic mass is 10.0. The molecule has 0 aromatic rings. The molecule has 0 aromatic carbocycles. The first-order valence-electron chi connectivity index (χ1n) is 24.6. The van der Waals surface area contributed by atoms with E-state index in [1.807, 2.05) is 0 Å². The molecule has 0 aliphatic rings. The van der Waals surface area contributed by atoms with Gasteiger partial charge in [0, 0.05) is 12.8 Å². The lowest BCUT2D eigenvalue weighted by Gasteiger charge is -2.20. The predicted molar refractivity (Wildman–Crippen MR) is 251 cm³/mol. The Labute approximate surface area is 373 Å². The van der Waals surface area contributed by atoms with E-state index in [0.29, 0.717) is 12.8 Å². The maximum absolute atomic E-state index is 12.7. The molecule has 0 radical (unpaired) electrons. The van der Waals surface area contributed by atoms with Crippen molar-refractivity contribution in [1.29, 1.82) is 0 Å². The van der Waals surface area contributed by atoms with Gasteiger partial charge in [0.05, 0.1) is 19.8 Å². The van der Waals surface area contributed by atoms with Gasteiger partial charge in [-0.1, -0.05) is 204 Å². The van der Waals surface area contributed by atoms with Gasteiger partial charge < -0.3 is 24.6 Å². The Morgan fingerprint density at radius 1 is 0.508 bits per heavy atom. The highest BCUT2D eigenvalue weighted by molar-refractivity contribution is 7.47. The summed E-state index contributed by atoms with van der Waals surface area (Å²) in [5.41, 5.74) is 0. The highest BCUT2D eigenvalue weighted by Crippen LogP contribution is 2.43. The van der Waals surface area contributed by atoms with E-state index >= 15 is 0 Å². The Morgan fingerprint density at radius 2 is 0.902 bits per heavy atom. The first kappa shape index (κ1) is 58.9. The second kappa shape index (κ2) is 45.9. The minimum absolute atomic E-state index is 0.177. The van der Waals surface area contributed by atoms with Crippen LogP contribution in [0.3, 0.4) is 0 Å². The van der Waals surface area contributed by atoms with Crippen molar-refractivity contribution in [3.63, 3.8) is 0 Å². The van der Waals surface area contributed by atoms with Crippen molar-refractivity contribution < 1.29 is 47.8 Å². The van der Waals surface area contributed by atoms with E-state index in [-0.39, 0.29) is 19.4 Å². The highest BCUT2D eigenvalue weighted by atomic mass is 31.2. The van der Waals surface area contributed by atoms with Gasteiger partial charge >= 0.3 is 19.8 Å². The number of carbonyl (C=O) groups excluding carboxylic acids is 2. The van der Waals surface area contributed by atoms with Crippen LogP contribution < -0.4 is 0 Å². The number of aliphatic hydroxyl groups is 2. The number of hydrogen-bond acceptors (Lipinski definition) is 9. The third kappa shape index (κ3) is 45.8. The fraction of sp³-hybridized carbons (Fsp3) is 0.800. The predicted octanol–water partition coefficient (Wildman–Crippen LogP) is 13.7. The quantitative estimate of drug-likeness (QED) is 0.0233. The molecule has 1 unspecified atom stereocenters. The minimum atomic E-state index is -4.63. The van der Waals surface area contributed by atoms with Gasteiger partial charge in [-0.05, 0) is 51.4 Å². The third-order valence-electron chi connectivity index (χ3n) is 10.5. The van der Waals surface area contributed by atoms with E-state index in [9.17, 15) is 24.2 Å². The molecule has 61 heavy (non-hydrogen) atoms. The summed E-state index contributed by atoms with van der Waals surface area (Å²) in [5.74, 6) is -0.967. The van der Waals surface area contributed by atoms with E-state index < -0.39 is 51.8 Å². The van der Waals surface area contributed by atoms with Crippen molar-refractivity contribution in [1.82, 2.24) is 0 Å². The maximum atomic E-state index is 12.7. The lowest BCUT2D eigenvalue weighted by molar-refractivity contribution is -0.161. The molecule has 0 aromatic heterocycles. The van der Waals surface area contributed by atoms with Crippen LogP contribution in [0.15, 0.2) is 48.6 Å². The number of carbonyl (C=O) groups is 2. The molecule has 3 atom stereocenters. The Balaban J connectivity index is 4.19. The van der Waals surface area contributed by atoms with Gasteiger partial charge in [-0.2, -0.15) is 0 Å². The van der Waals surface area contributed by atoms with Crippen molar-refractivity contribution in [2.75, 3.05) is 26.4 Å². The van der Waals surface area contributed by atoms with Crippen molar-refractivity contribution in [2.24, 2.45) is 0 Å². The van der Waals surface area contributed by atoms with Crippen LogP contribution in [0, 0.1) is 0 Å². The first-order chi connectivity index (χ1) is 29.7. The Morgan fingerprint density at radius 3 is 1.36 bits per heavy atom.